The van der Waals surface area contributed by atoms with E-state index in [0.717, 1.165) is 49.2 Å². The third kappa shape index (κ3) is 3.58. The Labute approximate surface area is 142 Å². The number of hydrogen-bond acceptors (Lipinski definition) is 5. The highest BCUT2D eigenvalue weighted by atomic mass is 32.2. The molecule has 0 aliphatic heterocycles. The first-order valence-corrected chi connectivity index (χ1v) is 9.74. The van der Waals surface area contributed by atoms with Gasteiger partial charge in [-0.15, -0.1) is 0 Å². The molecule has 0 spiro atoms. The lowest BCUT2D eigenvalue weighted by Crippen LogP contribution is -2.18. The van der Waals surface area contributed by atoms with E-state index >= 15 is 0 Å². The van der Waals surface area contributed by atoms with Crippen molar-refractivity contribution in [2.24, 2.45) is 5.92 Å². The van der Waals surface area contributed by atoms with E-state index in [0.29, 0.717) is 5.92 Å². The van der Waals surface area contributed by atoms with E-state index in [1.807, 2.05) is 6.92 Å². The highest BCUT2D eigenvalue weighted by Gasteiger charge is 2.21. The number of aromatic nitrogens is 4. The van der Waals surface area contributed by atoms with Crippen LogP contribution >= 0.6 is 0 Å². The number of fused-ring (bicyclic) bond motifs is 1. The van der Waals surface area contributed by atoms with Crippen molar-refractivity contribution in [2.45, 2.75) is 58.0 Å². The van der Waals surface area contributed by atoms with Crippen molar-refractivity contribution in [1.29, 1.82) is 0 Å². The normalized spacial score (nSPS) is 14.7. The number of nitrogens with zero attached hydrogens (tertiary/aromatic N) is 4. The van der Waals surface area contributed by atoms with E-state index in [4.69, 9.17) is 0 Å². The number of nitrogens with one attached hydrogen (secondary N) is 1. The molecule has 0 unspecified atom stereocenters. The van der Waals surface area contributed by atoms with Gasteiger partial charge in [-0.3, -0.25) is 0 Å². The monoisotopic (exact) mass is 349 g/mol. The molecule has 1 N–H and O–H groups in total. The van der Waals surface area contributed by atoms with Crippen molar-refractivity contribution in [3.05, 3.63) is 29.5 Å². The minimum absolute atomic E-state index is 0.0119. The molecule has 3 rings (SSSR count). The summed E-state index contributed by atoms with van der Waals surface area (Å²) in [5.74, 6) is 0.543. The van der Waals surface area contributed by atoms with Crippen LogP contribution in [0.2, 0.25) is 0 Å². The Morgan fingerprint density at radius 2 is 2.00 bits per heavy atom. The molecular formula is C16H23N5O2S. The third-order valence-corrected chi connectivity index (χ3v) is 5.29. The molecule has 24 heavy (non-hydrogen) atoms. The van der Waals surface area contributed by atoms with Crippen molar-refractivity contribution in [3.8, 4) is 0 Å². The lowest BCUT2D eigenvalue weighted by Gasteiger charge is -2.17. The summed E-state index contributed by atoms with van der Waals surface area (Å²) in [7, 11) is -3.78. The van der Waals surface area contributed by atoms with Crippen LogP contribution in [0.4, 0.5) is 5.95 Å². The highest BCUT2D eigenvalue weighted by Crippen LogP contribution is 2.23. The summed E-state index contributed by atoms with van der Waals surface area (Å²) in [6, 6.07) is 0. The van der Waals surface area contributed by atoms with Gasteiger partial charge in [0.25, 0.3) is 10.0 Å². The minimum atomic E-state index is -3.78. The van der Waals surface area contributed by atoms with Gasteiger partial charge in [0, 0.05) is 24.1 Å². The Hall–Kier alpha value is -1.96. The average Bonchev–Trinajstić information content (AvgIpc) is 2.95. The molecule has 1 aliphatic rings. The molecule has 2 aromatic rings. The van der Waals surface area contributed by atoms with Crippen LogP contribution in [0.3, 0.4) is 0 Å². The van der Waals surface area contributed by atoms with Gasteiger partial charge in [-0.1, -0.05) is 13.8 Å². The second-order valence-corrected chi connectivity index (χ2v) is 8.30. The predicted molar refractivity (Wildman–Crippen MR) is 91.3 cm³/mol. The lowest BCUT2D eigenvalue weighted by molar-refractivity contribution is 0.522. The van der Waals surface area contributed by atoms with Crippen molar-refractivity contribution < 1.29 is 8.42 Å². The molecule has 0 saturated heterocycles. The number of aryl methyl sites for hydroxylation is 2. The average molecular weight is 349 g/mol. The molecule has 8 heteroatoms. The summed E-state index contributed by atoms with van der Waals surface area (Å²) >= 11 is 0. The predicted octanol–water partition coefficient (Wildman–Crippen LogP) is 2.32. The van der Waals surface area contributed by atoms with Gasteiger partial charge < -0.3 is 4.57 Å². The van der Waals surface area contributed by atoms with Crippen LogP contribution in [-0.2, 0) is 29.4 Å². The van der Waals surface area contributed by atoms with E-state index in [1.54, 1.807) is 4.57 Å². The molecule has 0 radical (unpaired) electrons. The molecule has 7 nitrogen and oxygen atoms in total. The molecule has 0 fully saturated rings. The molecule has 0 amide bonds. The first kappa shape index (κ1) is 16.9. The van der Waals surface area contributed by atoms with Crippen molar-refractivity contribution in [3.63, 3.8) is 0 Å². The number of hydrogen-bond donors (Lipinski definition) is 1. The number of rotatable bonds is 5. The van der Waals surface area contributed by atoms with E-state index in [2.05, 4.69) is 33.5 Å². The van der Waals surface area contributed by atoms with Gasteiger partial charge in [0.15, 0.2) is 5.03 Å². The third-order valence-electron chi connectivity index (χ3n) is 4.08. The standard InChI is InChI=1S/C16H23N5O2S/c1-11(2)8-21-9-15(17-10-21)24(22,23)20-16-18-12(3)13-6-4-5-7-14(13)19-16/h9-11H,4-8H2,1-3H3,(H,18,19,20). The van der Waals surface area contributed by atoms with Gasteiger partial charge in [-0.2, -0.15) is 8.42 Å². The van der Waals surface area contributed by atoms with Gasteiger partial charge in [0.05, 0.1) is 6.33 Å². The maximum Gasteiger partial charge on any atom is 0.283 e. The van der Waals surface area contributed by atoms with Crippen LogP contribution in [0, 0.1) is 12.8 Å². The van der Waals surface area contributed by atoms with E-state index < -0.39 is 10.0 Å². The van der Waals surface area contributed by atoms with E-state index in [9.17, 15) is 8.42 Å². The minimum Gasteiger partial charge on any atom is -0.336 e. The molecule has 0 aromatic carbocycles. The van der Waals surface area contributed by atoms with Crippen LogP contribution < -0.4 is 4.72 Å². The largest absolute Gasteiger partial charge is 0.336 e. The number of anilines is 1. The van der Waals surface area contributed by atoms with Crippen molar-refractivity contribution in [1.82, 2.24) is 19.5 Å². The fourth-order valence-electron chi connectivity index (χ4n) is 3.00. The van der Waals surface area contributed by atoms with Crippen molar-refractivity contribution >= 4 is 16.0 Å². The second kappa shape index (κ2) is 6.51. The zero-order chi connectivity index (χ0) is 17.3. The van der Waals surface area contributed by atoms with Gasteiger partial charge in [0.1, 0.15) is 0 Å². The summed E-state index contributed by atoms with van der Waals surface area (Å²) in [5, 5.41) is -0.0119. The van der Waals surface area contributed by atoms with Crippen LogP contribution in [-0.4, -0.2) is 27.9 Å². The Bertz CT molecular complexity index is 842. The summed E-state index contributed by atoms with van der Waals surface area (Å²) in [4.78, 5) is 12.7. The van der Waals surface area contributed by atoms with Gasteiger partial charge in [0.2, 0.25) is 5.95 Å². The Kier molecular flexibility index (Phi) is 4.58. The Morgan fingerprint density at radius 3 is 2.75 bits per heavy atom. The van der Waals surface area contributed by atoms with Gasteiger partial charge in [-0.25, -0.2) is 19.7 Å². The lowest BCUT2D eigenvalue weighted by atomic mass is 9.95. The molecule has 0 bridgehead atoms. The fraction of sp³-hybridized carbons (Fsp3) is 0.562. The van der Waals surface area contributed by atoms with E-state index in [-0.39, 0.29) is 11.0 Å². The summed E-state index contributed by atoms with van der Waals surface area (Å²) in [6.45, 7) is 6.75. The smallest absolute Gasteiger partial charge is 0.283 e. The summed E-state index contributed by atoms with van der Waals surface area (Å²) in [6.07, 6.45) is 7.12. The maximum absolute atomic E-state index is 12.5. The molecule has 0 atom stereocenters. The Balaban J connectivity index is 1.84. The van der Waals surface area contributed by atoms with Crippen LogP contribution in [0.1, 0.15) is 43.6 Å². The first-order valence-electron chi connectivity index (χ1n) is 8.26. The number of sulfonamides is 1. The van der Waals surface area contributed by atoms with E-state index in [1.165, 1.54) is 12.5 Å². The Morgan fingerprint density at radius 1 is 1.25 bits per heavy atom. The quantitative estimate of drug-likeness (QED) is 0.895. The maximum atomic E-state index is 12.5. The second-order valence-electron chi connectivity index (χ2n) is 6.67. The molecule has 0 saturated carbocycles. The highest BCUT2D eigenvalue weighted by molar-refractivity contribution is 7.92. The van der Waals surface area contributed by atoms with Crippen LogP contribution in [0.5, 0.6) is 0 Å². The summed E-state index contributed by atoms with van der Waals surface area (Å²) in [5.41, 5.74) is 2.96. The SMILES string of the molecule is Cc1nc(NS(=O)(=O)c2cn(CC(C)C)cn2)nc2c1CCCC2. The van der Waals surface area contributed by atoms with Crippen molar-refractivity contribution in [2.75, 3.05) is 4.72 Å². The summed E-state index contributed by atoms with van der Waals surface area (Å²) < 4.78 is 29.3. The van der Waals surface area contributed by atoms with Gasteiger partial charge >= 0.3 is 0 Å². The molecular weight excluding hydrogens is 326 g/mol. The number of imidazole rings is 1. The van der Waals surface area contributed by atoms with Crippen LogP contribution in [0.25, 0.3) is 0 Å². The molecule has 1 aliphatic carbocycles. The molecule has 2 heterocycles. The topological polar surface area (TPSA) is 89.8 Å². The zero-order valence-electron chi connectivity index (χ0n) is 14.3. The van der Waals surface area contributed by atoms with Crippen LogP contribution in [0.15, 0.2) is 17.6 Å². The zero-order valence-corrected chi connectivity index (χ0v) is 15.1. The fourth-order valence-corrected chi connectivity index (χ4v) is 3.90. The van der Waals surface area contributed by atoms with Gasteiger partial charge in [-0.05, 0) is 44.1 Å². The first-order chi connectivity index (χ1) is 11.3. The molecule has 2 aromatic heterocycles. The molecule has 130 valence electrons.